The Morgan fingerprint density at radius 1 is 1.50 bits per heavy atom. The van der Waals surface area contributed by atoms with Crippen LogP contribution in [0.25, 0.3) is 0 Å². The molecule has 0 saturated heterocycles. The highest BCUT2D eigenvalue weighted by atomic mass is 31.2. The van der Waals surface area contributed by atoms with E-state index in [1.807, 2.05) is 6.07 Å². The fraction of sp³-hybridized carbons (Fsp3) is 0.286. The molecule has 1 aromatic rings. The van der Waals surface area contributed by atoms with Crippen molar-refractivity contribution in [1.82, 2.24) is 4.98 Å². The van der Waals surface area contributed by atoms with E-state index in [9.17, 15) is 4.57 Å². The van der Waals surface area contributed by atoms with E-state index in [1.54, 1.807) is 31.8 Å². The molecular weight excluding hydrogens is 145 g/mol. The Morgan fingerprint density at radius 3 is 2.50 bits per heavy atom. The van der Waals surface area contributed by atoms with Gasteiger partial charge in [-0.2, -0.15) is 0 Å². The van der Waals surface area contributed by atoms with E-state index in [0.29, 0.717) is 0 Å². The lowest BCUT2D eigenvalue weighted by molar-refractivity contribution is 0.588. The van der Waals surface area contributed by atoms with Crippen molar-refractivity contribution < 1.29 is 4.57 Å². The molecule has 0 fully saturated rings. The highest BCUT2D eigenvalue weighted by molar-refractivity contribution is 7.70. The SMILES string of the molecule is CP(C)(=O)c1cccnc1. The van der Waals surface area contributed by atoms with Crippen LogP contribution >= 0.6 is 7.14 Å². The first-order valence-corrected chi connectivity index (χ1v) is 5.66. The van der Waals surface area contributed by atoms with Gasteiger partial charge in [0.1, 0.15) is 7.14 Å². The highest BCUT2D eigenvalue weighted by Gasteiger charge is 2.08. The molecule has 0 aromatic carbocycles. The second-order valence-electron chi connectivity index (χ2n) is 2.56. The Labute approximate surface area is 60.7 Å². The summed E-state index contributed by atoms with van der Waals surface area (Å²) in [4.78, 5) is 3.88. The molecule has 54 valence electrons. The zero-order chi connectivity index (χ0) is 7.61. The van der Waals surface area contributed by atoms with E-state index in [0.717, 1.165) is 5.30 Å². The van der Waals surface area contributed by atoms with Crippen LogP contribution in [0.2, 0.25) is 0 Å². The van der Waals surface area contributed by atoms with Crippen LogP contribution in [0, 0.1) is 0 Å². The number of rotatable bonds is 1. The van der Waals surface area contributed by atoms with Crippen LogP contribution in [-0.2, 0) is 4.57 Å². The van der Waals surface area contributed by atoms with Gasteiger partial charge in [-0.1, -0.05) is 0 Å². The summed E-state index contributed by atoms with van der Waals surface area (Å²) in [5, 5.41) is 0.843. The standard InChI is InChI=1S/C7H10NOP/c1-10(2,9)7-4-3-5-8-6-7/h3-6H,1-2H3. The van der Waals surface area contributed by atoms with Crippen LogP contribution in [-0.4, -0.2) is 18.3 Å². The van der Waals surface area contributed by atoms with Crippen molar-refractivity contribution in [2.24, 2.45) is 0 Å². The quantitative estimate of drug-likeness (QED) is 0.572. The van der Waals surface area contributed by atoms with Crippen molar-refractivity contribution in [1.29, 1.82) is 0 Å². The zero-order valence-electron chi connectivity index (χ0n) is 6.11. The molecule has 0 N–H and O–H groups in total. The molecule has 0 saturated carbocycles. The summed E-state index contributed by atoms with van der Waals surface area (Å²) in [5.41, 5.74) is 0. The second-order valence-corrected chi connectivity index (χ2v) is 5.78. The molecule has 0 aliphatic rings. The summed E-state index contributed by atoms with van der Waals surface area (Å²) in [6.07, 6.45) is 3.33. The minimum atomic E-state index is -2.08. The molecule has 3 heteroatoms. The van der Waals surface area contributed by atoms with Crippen molar-refractivity contribution >= 4 is 12.4 Å². The van der Waals surface area contributed by atoms with Crippen LogP contribution in [0.5, 0.6) is 0 Å². The molecule has 1 rings (SSSR count). The molecule has 0 atom stereocenters. The van der Waals surface area contributed by atoms with Gasteiger partial charge in [0.25, 0.3) is 0 Å². The fourth-order valence-corrected chi connectivity index (χ4v) is 1.46. The van der Waals surface area contributed by atoms with E-state index in [1.165, 1.54) is 0 Å². The van der Waals surface area contributed by atoms with Gasteiger partial charge in [0.15, 0.2) is 0 Å². The molecule has 10 heavy (non-hydrogen) atoms. The second kappa shape index (κ2) is 2.55. The molecule has 0 bridgehead atoms. The van der Waals surface area contributed by atoms with Gasteiger partial charge in [0, 0.05) is 17.7 Å². The van der Waals surface area contributed by atoms with Crippen LogP contribution in [0.3, 0.4) is 0 Å². The van der Waals surface area contributed by atoms with E-state index >= 15 is 0 Å². The first kappa shape index (κ1) is 7.49. The molecule has 0 unspecified atom stereocenters. The zero-order valence-corrected chi connectivity index (χ0v) is 7.01. The van der Waals surface area contributed by atoms with Crippen LogP contribution < -0.4 is 5.30 Å². The Hall–Kier alpha value is -0.620. The van der Waals surface area contributed by atoms with Crippen molar-refractivity contribution in [3.8, 4) is 0 Å². The molecule has 0 amide bonds. The monoisotopic (exact) mass is 155 g/mol. The van der Waals surface area contributed by atoms with Gasteiger partial charge < -0.3 is 4.57 Å². The maximum Gasteiger partial charge on any atom is 0.111 e. The van der Waals surface area contributed by atoms with Gasteiger partial charge in [-0.05, 0) is 25.5 Å². The molecule has 0 spiro atoms. The lowest BCUT2D eigenvalue weighted by Gasteiger charge is -2.03. The van der Waals surface area contributed by atoms with Crippen molar-refractivity contribution in [3.63, 3.8) is 0 Å². The number of aromatic nitrogens is 1. The molecular formula is C7H10NOP. The fourth-order valence-electron chi connectivity index (χ4n) is 0.672. The number of pyridine rings is 1. The van der Waals surface area contributed by atoms with Crippen molar-refractivity contribution in [2.75, 3.05) is 13.3 Å². The minimum absolute atomic E-state index is 0.843. The lowest BCUT2D eigenvalue weighted by atomic mass is 10.5. The number of nitrogens with zero attached hydrogens (tertiary/aromatic N) is 1. The predicted octanol–water partition coefficient (Wildman–Crippen LogP) is 1.33. The summed E-state index contributed by atoms with van der Waals surface area (Å²) in [5.74, 6) is 0. The van der Waals surface area contributed by atoms with E-state index < -0.39 is 7.14 Å². The third kappa shape index (κ3) is 1.68. The van der Waals surface area contributed by atoms with E-state index in [-0.39, 0.29) is 0 Å². The van der Waals surface area contributed by atoms with E-state index in [2.05, 4.69) is 4.98 Å². The molecule has 1 heterocycles. The Kier molecular flexibility index (Phi) is 1.91. The van der Waals surface area contributed by atoms with Crippen molar-refractivity contribution in [2.45, 2.75) is 0 Å². The van der Waals surface area contributed by atoms with Gasteiger partial charge in [0.2, 0.25) is 0 Å². The average Bonchev–Trinajstić information content (AvgIpc) is 1.88. The van der Waals surface area contributed by atoms with Crippen molar-refractivity contribution in [3.05, 3.63) is 24.5 Å². The van der Waals surface area contributed by atoms with E-state index in [4.69, 9.17) is 0 Å². The summed E-state index contributed by atoms with van der Waals surface area (Å²) >= 11 is 0. The van der Waals surface area contributed by atoms with Crippen LogP contribution in [0.1, 0.15) is 0 Å². The number of hydrogen-bond acceptors (Lipinski definition) is 2. The molecule has 2 nitrogen and oxygen atoms in total. The molecule has 0 aliphatic heterocycles. The van der Waals surface area contributed by atoms with Gasteiger partial charge in [-0.25, -0.2) is 0 Å². The molecule has 0 aliphatic carbocycles. The van der Waals surface area contributed by atoms with Gasteiger partial charge in [-0.3, -0.25) is 4.98 Å². The van der Waals surface area contributed by atoms with Gasteiger partial charge in [-0.15, -0.1) is 0 Å². The topological polar surface area (TPSA) is 30.0 Å². The maximum atomic E-state index is 11.4. The first-order valence-electron chi connectivity index (χ1n) is 3.06. The molecule has 0 radical (unpaired) electrons. The Balaban J connectivity index is 3.09. The van der Waals surface area contributed by atoms with Gasteiger partial charge in [0.05, 0.1) is 0 Å². The normalized spacial score (nSPS) is 11.4. The lowest BCUT2D eigenvalue weighted by Crippen LogP contribution is -2.01. The third-order valence-corrected chi connectivity index (χ3v) is 2.78. The van der Waals surface area contributed by atoms with Gasteiger partial charge >= 0.3 is 0 Å². The summed E-state index contributed by atoms with van der Waals surface area (Å²) in [6, 6.07) is 3.64. The third-order valence-electron chi connectivity index (χ3n) is 1.27. The minimum Gasteiger partial charge on any atom is -0.319 e. The average molecular weight is 155 g/mol. The summed E-state index contributed by atoms with van der Waals surface area (Å²) in [7, 11) is -2.08. The summed E-state index contributed by atoms with van der Waals surface area (Å²) < 4.78 is 11.4. The molecule has 1 aromatic heterocycles. The smallest absolute Gasteiger partial charge is 0.111 e. The van der Waals surface area contributed by atoms with Crippen LogP contribution in [0.15, 0.2) is 24.5 Å². The summed E-state index contributed by atoms with van der Waals surface area (Å²) in [6.45, 7) is 3.48. The Bertz CT molecular complexity index is 252. The number of hydrogen-bond donors (Lipinski definition) is 0. The predicted molar refractivity (Wildman–Crippen MR) is 43.3 cm³/mol. The largest absolute Gasteiger partial charge is 0.319 e. The maximum absolute atomic E-state index is 11.4. The van der Waals surface area contributed by atoms with Crippen LogP contribution in [0.4, 0.5) is 0 Å². The first-order chi connectivity index (χ1) is 4.61. The Morgan fingerprint density at radius 2 is 2.20 bits per heavy atom. The highest BCUT2D eigenvalue weighted by Crippen LogP contribution is 2.33.